The van der Waals surface area contributed by atoms with E-state index in [4.69, 9.17) is 4.42 Å². The number of furan rings is 1. The molecule has 0 unspecified atom stereocenters. The average molecular weight is 345 g/mol. The molecule has 4 aromatic rings. The van der Waals surface area contributed by atoms with E-state index in [2.05, 4.69) is 25.5 Å². The predicted molar refractivity (Wildman–Crippen MR) is 94.9 cm³/mol. The van der Waals surface area contributed by atoms with Crippen molar-refractivity contribution in [3.63, 3.8) is 0 Å². The van der Waals surface area contributed by atoms with E-state index in [1.165, 1.54) is 0 Å². The largest absolute Gasteiger partial charge is 0.463 e. The van der Waals surface area contributed by atoms with Crippen molar-refractivity contribution in [2.75, 3.05) is 0 Å². The Morgan fingerprint density at radius 1 is 1.15 bits per heavy atom. The van der Waals surface area contributed by atoms with Gasteiger partial charge in [0, 0.05) is 36.8 Å². The van der Waals surface area contributed by atoms with Gasteiger partial charge in [0.2, 0.25) is 0 Å². The first-order valence-electron chi connectivity index (χ1n) is 8.02. The highest BCUT2D eigenvalue weighted by atomic mass is 16.3. The van der Waals surface area contributed by atoms with E-state index in [1.54, 1.807) is 43.1 Å². The Morgan fingerprint density at radius 3 is 2.85 bits per heavy atom. The molecule has 2 N–H and O–H groups in total. The van der Waals surface area contributed by atoms with Crippen LogP contribution in [0, 0.1) is 0 Å². The Kier molecular flexibility index (Phi) is 4.26. The minimum absolute atomic E-state index is 0.268. The number of rotatable bonds is 5. The van der Waals surface area contributed by atoms with E-state index in [9.17, 15) is 4.79 Å². The van der Waals surface area contributed by atoms with Crippen LogP contribution in [0.2, 0.25) is 0 Å². The van der Waals surface area contributed by atoms with E-state index in [0.29, 0.717) is 23.7 Å². The Morgan fingerprint density at radius 2 is 2.12 bits per heavy atom. The molecule has 4 heterocycles. The lowest BCUT2D eigenvalue weighted by Gasteiger charge is -2.05. The topological polar surface area (TPSA) is 96.7 Å². The third kappa shape index (κ3) is 3.36. The first kappa shape index (κ1) is 15.8. The Balaban J connectivity index is 1.39. The van der Waals surface area contributed by atoms with Crippen molar-refractivity contribution in [2.24, 2.45) is 0 Å². The third-order valence-corrected chi connectivity index (χ3v) is 3.83. The van der Waals surface area contributed by atoms with Crippen molar-refractivity contribution >= 4 is 5.91 Å². The smallest absolute Gasteiger partial charge is 0.272 e. The molecule has 26 heavy (non-hydrogen) atoms. The van der Waals surface area contributed by atoms with Crippen molar-refractivity contribution in [3.8, 4) is 22.7 Å². The van der Waals surface area contributed by atoms with E-state index < -0.39 is 0 Å². The van der Waals surface area contributed by atoms with Crippen LogP contribution in [0.4, 0.5) is 0 Å². The monoisotopic (exact) mass is 345 g/mol. The highest BCUT2D eigenvalue weighted by molar-refractivity contribution is 5.93. The molecule has 128 valence electrons. The number of pyridine rings is 2. The van der Waals surface area contributed by atoms with Crippen molar-refractivity contribution < 1.29 is 9.21 Å². The van der Waals surface area contributed by atoms with E-state index in [-0.39, 0.29) is 5.91 Å². The van der Waals surface area contributed by atoms with Gasteiger partial charge in [0.15, 0.2) is 11.5 Å². The van der Waals surface area contributed by atoms with Gasteiger partial charge in [-0.3, -0.25) is 19.9 Å². The summed E-state index contributed by atoms with van der Waals surface area (Å²) in [4.78, 5) is 20.7. The second-order valence-electron chi connectivity index (χ2n) is 5.62. The zero-order chi connectivity index (χ0) is 17.8. The van der Waals surface area contributed by atoms with Gasteiger partial charge >= 0.3 is 0 Å². The summed E-state index contributed by atoms with van der Waals surface area (Å²) in [5.41, 5.74) is 3.64. The van der Waals surface area contributed by atoms with Crippen LogP contribution in [0.1, 0.15) is 16.1 Å². The fourth-order valence-electron chi connectivity index (χ4n) is 2.48. The lowest BCUT2D eigenvalue weighted by molar-refractivity contribution is 0.0946. The number of H-pyrrole nitrogens is 1. The van der Waals surface area contributed by atoms with Crippen molar-refractivity contribution in [3.05, 3.63) is 78.6 Å². The highest BCUT2D eigenvalue weighted by Gasteiger charge is 2.12. The second-order valence-corrected chi connectivity index (χ2v) is 5.62. The molecular weight excluding hydrogens is 330 g/mol. The maximum absolute atomic E-state index is 12.2. The van der Waals surface area contributed by atoms with E-state index >= 15 is 0 Å². The molecule has 4 aromatic heterocycles. The zero-order valence-corrected chi connectivity index (χ0v) is 13.7. The van der Waals surface area contributed by atoms with Crippen LogP contribution in [0.5, 0.6) is 0 Å². The standard InChI is InChI=1S/C19H15N5O2/c25-19(17-9-16(23-24-17)18-4-2-8-26-18)22-11-13-5-6-15(21-10-13)14-3-1-7-20-12-14/h1-10,12H,11H2,(H,22,25)(H,23,24). The molecule has 0 aromatic carbocycles. The fraction of sp³-hybridized carbons (Fsp3) is 0.0526. The summed E-state index contributed by atoms with van der Waals surface area (Å²) >= 11 is 0. The van der Waals surface area contributed by atoms with Crippen LogP contribution in [0.25, 0.3) is 22.7 Å². The quantitative estimate of drug-likeness (QED) is 0.579. The summed E-state index contributed by atoms with van der Waals surface area (Å²) in [6, 6.07) is 12.9. The van der Waals surface area contributed by atoms with Crippen molar-refractivity contribution in [1.82, 2.24) is 25.5 Å². The first-order valence-corrected chi connectivity index (χ1v) is 8.02. The number of aromatic nitrogens is 4. The van der Waals surface area contributed by atoms with Gasteiger partial charge in [0.05, 0.1) is 12.0 Å². The minimum Gasteiger partial charge on any atom is -0.463 e. The predicted octanol–water partition coefficient (Wildman–Crippen LogP) is 3.06. The molecule has 7 nitrogen and oxygen atoms in total. The summed E-state index contributed by atoms with van der Waals surface area (Å²) in [6.07, 6.45) is 6.79. The summed E-state index contributed by atoms with van der Waals surface area (Å²) in [5.74, 6) is 0.363. The van der Waals surface area contributed by atoms with Crippen LogP contribution >= 0.6 is 0 Å². The van der Waals surface area contributed by atoms with Gasteiger partial charge in [0.1, 0.15) is 5.69 Å². The number of carbonyl (C=O) groups excluding carboxylic acids is 1. The normalized spacial score (nSPS) is 10.6. The maximum Gasteiger partial charge on any atom is 0.272 e. The number of aromatic amines is 1. The fourth-order valence-corrected chi connectivity index (χ4v) is 2.48. The summed E-state index contributed by atoms with van der Waals surface area (Å²) in [5, 5.41) is 9.64. The number of nitrogens with zero attached hydrogens (tertiary/aromatic N) is 3. The van der Waals surface area contributed by atoms with Gasteiger partial charge in [-0.05, 0) is 35.9 Å². The van der Waals surface area contributed by atoms with Gasteiger partial charge in [-0.25, -0.2) is 0 Å². The lowest BCUT2D eigenvalue weighted by atomic mass is 10.1. The number of amides is 1. The summed E-state index contributed by atoms with van der Waals surface area (Å²) in [6.45, 7) is 0.363. The Bertz CT molecular complexity index is 992. The summed E-state index contributed by atoms with van der Waals surface area (Å²) < 4.78 is 5.27. The van der Waals surface area contributed by atoms with Gasteiger partial charge in [-0.2, -0.15) is 5.10 Å². The van der Waals surface area contributed by atoms with Crippen LogP contribution in [0.3, 0.4) is 0 Å². The minimum atomic E-state index is -0.268. The van der Waals surface area contributed by atoms with Crippen molar-refractivity contribution in [2.45, 2.75) is 6.54 Å². The lowest BCUT2D eigenvalue weighted by Crippen LogP contribution is -2.23. The van der Waals surface area contributed by atoms with Gasteiger partial charge < -0.3 is 9.73 Å². The summed E-state index contributed by atoms with van der Waals surface area (Å²) in [7, 11) is 0. The first-order chi connectivity index (χ1) is 12.8. The van der Waals surface area contributed by atoms with Crippen LogP contribution < -0.4 is 5.32 Å². The number of hydrogen-bond donors (Lipinski definition) is 2. The molecule has 0 bridgehead atoms. The molecule has 0 saturated heterocycles. The average Bonchev–Trinajstić information content (AvgIpc) is 3.39. The molecule has 0 saturated carbocycles. The van der Waals surface area contributed by atoms with Crippen molar-refractivity contribution in [1.29, 1.82) is 0 Å². The molecule has 0 aliphatic heterocycles. The van der Waals surface area contributed by atoms with E-state index in [0.717, 1.165) is 16.8 Å². The molecule has 0 aliphatic rings. The van der Waals surface area contributed by atoms with Crippen LogP contribution in [0.15, 0.2) is 71.7 Å². The molecule has 7 heteroatoms. The van der Waals surface area contributed by atoms with Gasteiger partial charge in [-0.1, -0.05) is 6.07 Å². The molecule has 0 atom stereocenters. The number of hydrogen-bond acceptors (Lipinski definition) is 5. The highest BCUT2D eigenvalue weighted by Crippen LogP contribution is 2.18. The van der Waals surface area contributed by atoms with Crippen LogP contribution in [-0.2, 0) is 6.54 Å². The number of carbonyl (C=O) groups is 1. The third-order valence-electron chi connectivity index (χ3n) is 3.83. The molecule has 1 amide bonds. The molecule has 0 spiro atoms. The van der Waals surface area contributed by atoms with Crippen LogP contribution in [-0.4, -0.2) is 26.1 Å². The second kappa shape index (κ2) is 7.02. The molecule has 0 aliphatic carbocycles. The Labute approximate surface area is 149 Å². The zero-order valence-electron chi connectivity index (χ0n) is 13.7. The van der Waals surface area contributed by atoms with Gasteiger partial charge in [-0.15, -0.1) is 0 Å². The molecule has 0 radical (unpaired) electrons. The molecule has 4 rings (SSSR count). The Hall–Kier alpha value is -3.74. The van der Waals surface area contributed by atoms with E-state index in [1.807, 2.05) is 24.3 Å². The maximum atomic E-state index is 12.2. The number of nitrogens with one attached hydrogen (secondary N) is 2. The molecular formula is C19H15N5O2. The molecule has 0 fully saturated rings. The SMILES string of the molecule is O=C(NCc1ccc(-c2cccnc2)nc1)c1cc(-c2ccco2)[nH]n1. The van der Waals surface area contributed by atoms with Gasteiger partial charge in [0.25, 0.3) is 5.91 Å².